The third kappa shape index (κ3) is 3.51. The van der Waals surface area contributed by atoms with Gasteiger partial charge in [-0.25, -0.2) is 0 Å². The summed E-state index contributed by atoms with van der Waals surface area (Å²) in [4.78, 5) is 6.75. The summed E-state index contributed by atoms with van der Waals surface area (Å²) in [6, 6.07) is 7.57. The van der Waals surface area contributed by atoms with Crippen LogP contribution in [-0.2, 0) is 6.54 Å². The molecular formula is C17H23N3S. The molecule has 2 unspecified atom stereocenters. The van der Waals surface area contributed by atoms with Crippen LogP contribution in [0, 0.1) is 0 Å². The zero-order valence-corrected chi connectivity index (χ0v) is 13.3. The summed E-state index contributed by atoms with van der Waals surface area (Å²) >= 11 is 1.77. The first-order valence-electron chi connectivity index (χ1n) is 7.72. The summed E-state index contributed by atoms with van der Waals surface area (Å²) in [5.74, 6) is 0. The van der Waals surface area contributed by atoms with E-state index in [4.69, 9.17) is 5.73 Å². The maximum atomic E-state index is 6.49. The summed E-state index contributed by atoms with van der Waals surface area (Å²) in [6.45, 7) is 3.17. The molecule has 2 aromatic rings. The summed E-state index contributed by atoms with van der Waals surface area (Å²) < 4.78 is 0. The van der Waals surface area contributed by atoms with Crippen molar-refractivity contribution in [1.82, 2.24) is 9.88 Å². The normalized spacial score (nSPS) is 17.9. The molecule has 1 fully saturated rings. The molecule has 0 aliphatic heterocycles. The van der Waals surface area contributed by atoms with Crippen LogP contribution < -0.4 is 5.73 Å². The molecule has 2 N–H and O–H groups in total. The Kier molecular flexibility index (Phi) is 4.68. The molecule has 1 aliphatic rings. The van der Waals surface area contributed by atoms with Crippen molar-refractivity contribution in [3.05, 3.63) is 52.5 Å². The van der Waals surface area contributed by atoms with E-state index < -0.39 is 0 Å². The summed E-state index contributed by atoms with van der Waals surface area (Å²) in [5.41, 5.74) is 9.18. The van der Waals surface area contributed by atoms with Crippen molar-refractivity contribution in [2.75, 3.05) is 0 Å². The second-order valence-electron chi connectivity index (χ2n) is 5.83. The van der Waals surface area contributed by atoms with Gasteiger partial charge in [-0.3, -0.25) is 9.88 Å². The molecule has 112 valence electrons. The van der Waals surface area contributed by atoms with E-state index in [0.717, 1.165) is 13.0 Å². The van der Waals surface area contributed by atoms with Gasteiger partial charge in [-0.2, -0.15) is 11.3 Å². The first kappa shape index (κ1) is 14.7. The molecule has 0 spiro atoms. The lowest BCUT2D eigenvalue weighted by Crippen LogP contribution is -2.41. The number of rotatable bonds is 7. The van der Waals surface area contributed by atoms with Gasteiger partial charge in [-0.05, 0) is 59.3 Å². The van der Waals surface area contributed by atoms with Gasteiger partial charge in [-0.1, -0.05) is 6.92 Å². The fraction of sp³-hybridized carbons (Fsp3) is 0.471. The second-order valence-corrected chi connectivity index (χ2v) is 6.61. The highest BCUT2D eigenvalue weighted by Gasteiger charge is 2.36. The van der Waals surface area contributed by atoms with Crippen LogP contribution in [0.5, 0.6) is 0 Å². The number of hydrogen-bond acceptors (Lipinski definition) is 4. The van der Waals surface area contributed by atoms with Crippen LogP contribution in [0.2, 0.25) is 0 Å². The quantitative estimate of drug-likeness (QED) is 0.850. The predicted molar refractivity (Wildman–Crippen MR) is 88.1 cm³/mol. The minimum atomic E-state index is 0.159. The van der Waals surface area contributed by atoms with Crippen molar-refractivity contribution in [3.8, 4) is 0 Å². The van der Waals surface area contributed by atoms with Gasteiger partial charge in [0.1, 0.15) is 0 Å². The second kappa shape index (κ2) is 6.69. The van der Waals surface area contributed by atoms with Crippen LogP contribution in [0.1, 0.15) is 43.4 Å². The maximum Gasteiger partial charge on any atom is 0.0506 e. The summed E-state index contributed by atoms with van der Waals surface area (Å²) in [7, 11) is 0. The van der Waals surface area contributed by atoms with Gasteiger partial charge in [0.05, 0.1) is 6.04 Å². The van der Waals surface area contributed by atoms with E-state index in [-0.39, 0.29) is 12.1 Å². The minimum absolute atomic E-state index is 0.159. The molecule has 0 bridgehead atoms. The number of thiophene rings is 1. The lowest BCUT2D eigenvalue weighted by Gasteiger charge is -2.35. The van der Waals surface area contributed by atoms with Crippen LogP contribution in [0.3, 0.4) is 0 Å². The molecule has 3 nitrogen and oxygen atoms in total. The topological polar surface area (TPSA) is 42.1 Å². The van der Waals surface area contributed by atoms with E-state index >= 15 is 0 Å². The molecule has 4 heteroatoms. The molecule has 2 atom stereocenters. The van der Waals surface area contributed by atoms with Crippen molar-refractivity contribution < 1.29 is 0 Å². The smallest absolute Gasteiger partial charge is 0.0506 e. The van der Waals surface area contributed by atoms with E-state index in [2.05, 4.69) is 45.8 Å². The molecule has 1 aliphatic carbocycles. The molecule has 2 aromatic heterocycles. The average Bonchev–Trinajstić information content (AvgIpc) is 3.24. The molecule has 1 saturated carbocycles. The Balaban J connectivity index is 1.88. The van der Waals surface area contributed by atoms with Gasteiger partial charge >= 0.3 is 0 Å². The highest BCUT2D eigenvalue weighted by molar-refractivity contribution is 7.07. The number of nitrogens with zero attached hydrogens (tertiary/aromatic N) is 2. The Labute approximate surface area is 130 Å². The molecule has 0 radical (unpaired) electrons. The number of aromatic nitrogens is 1. The molecule has 0 amide bonds. The molecular weight excluding hydrogens is 278 g/mol. The van der Waals surface area contributed by atoms with E-state index in [1.54, 1.807) is 11.3 Å². The van der Waals surface area contributed by atoms with Gasteiger partial charge in [0.25, 0.3) is 0 Å². The average molecular weight is 301 g/mol. The Morgan fingerprint density at radius 1 is 1.33 bits per heavy atom. The van der Waals surface area contributed by atoms with Gasteiger partial charge in [0, 0.05) is 31.0 Å². The maximum absolute atomic E-state index is 6.49. The Morgan fingerprint density at radius 2 is 2.10 bits per heavy atom. The lowest BCUT2D eigenvalue weighted by molar-refractivity contribution is 0.151. The van der Waals surface area contributed by atoms with E-state index in [1.807, 2.05) is 12.4 Å². The molecule has 3 rings (SSSR count). The molecule has 0 saturated heterocycles. The first-order chi connectivity index (χ1) is 10.3. The van der Waals surface area contributed by atoms with Gasteiger partial charge < -0.3 is 5.73 Å². The highest BCUT2D eigenvalue weighted by Crippen LogP contribution is 2.37. The van der Waals surface area contributed by atoms with Crippen molar-refractivity contribution in [3.63, 3.8) is 0 Å². The highest BCUT2D eigenvalue weighted by atomic mass is 32.1. The number of hydrogen-bond donors (Lipinski definition) is 1. The van der Waals surface area contributed by atoms with Crippen LogP contribution in [0.15, 0.2) is 41.4 Å². The lowest BCUT2D eigenvalue weighted by atomic mass is 9.96. The van der Waals surface area contributed by atoms with Crippen LogP contribution in [0.25, 0.3) is 0 Å². The minimum Gasteiger partial charge on any atom is -0.326 e. The van der Waals surface area contributed by atoms with E-state index in [0.29, 0.717) is 6.04 Å². The number of nitrogens with two attached hydrogens (primary N) is 1. The van der Waals surface area contributed by atoms with Gasteiger partial charge in [0.15, 0.2) is 0 Å². The van der Waals surface area contributed by atoms with Gasteiger partial charge in [-0.15, -0.1) is 0 Å². The Bertz CT molecular complexity index is 536. The predicted octanol–water partition coefficient (Wildman–Crippen LogP) is 3.59. The molecule has 0 aromatic carbocycles. The summed E-state index contributed by atoms with van der Waals surface area (Å²) in [6.07, 6.45) is 7.32. The van der Waals surface area contributed by atoms with Crippen molar-refractivity contribution in [2.45, 2.75) is 50.9 Å². The van der Waals surface area contributed by atoms with Crippen LogP contribution in [0.4, 0.5) is 0 Å². The first-order valence-corrected chi connectivity index (χ1v) is 8.66. The zero-order valence-electron chi connectivity index (χ0n) is 12.5. The van der Waals surface area contributed by atoms with Crippen LogP contribution >= 0.6 is 11.3 Å². The Morgan fingerprint density at radius 3 is 2.67 bits per heavy atom. The number of pyridine rings is 1. The standard InChI is InChI=1S/C17H23N3S/c1-2-16(18)17(14-5-8-19-9-6-14)20(15-3-4-15)11-13-7-10-21-12-13/h5-10,12,15-17H,2-4,11,18H2,1H3. The fourth-order valence-electron chi connectivity index (χ4n) is 2.92. The SMILES string of the molecule is CCC(N)C(c1ccncc1)N(Cc1ccsc1)C1CC1. The van der Waals surface area contributed by atoms with Crippen LogP contribution in [-0.4, -0.2) is 22.0 Å². The third-order valence-corrected chi connectivity index (χ3v) is 4.98. The molecule has 2 heterocycles. The molecule has 21 heavy (non-hydrogen) atoms. The van der Waals surface area contributed by atoms with E-state index in [9.17, 15) is 0 Å². The third-order valence-electron chi connectivity index (χ3n) is 4.24. The van der Waals surface area contributed by atoms with Crippen molar-refractivity contribution >= 4 is 11.3 Å². The largest absolute Gasteiger partial charge is 0.326 e. The van der Waals surface area contributed by atoms with E-state index in [1.165, 1.54) is 24.0 Å². The zero-order chi connectivity index (χ0) is 14.7. The monoisotopic (exact) mass is 301 g/mol. The van der Waals surface area contributed by atoms with Crippen molar-refractivity contribution in [2.24, 2.45) is 5.73 Å². The van der Waals surface area contributed by atoms with Gasteiger partial charge in [0.2, 0.25) is 0 Å². The van der Waals surface area contributed by atoms with Crippen molar-refractivity contribution in [1.29, 1.82) is 0 Å². The Hall–Kier alpha value is -1.23. The fourth-order valence-corrected chi connectivity index (χ4v) is 3.58. The summed E-state index contributed by atoms with van der Waals surface area (Å²) in [5, 5.41) is 4.40.